The van der Waals surface area contributed by atoms with Crippen LogP contribution in [0.2, 0.25) is 0 Å². The molecule has 3 N–H and O–H groups in total. The number of aromatic nitrogens is 3. The van der Waals surface area contributed by atoms with Crippen molar-refractivity contribution in [3.8, 4) is 0 Å². The Kier molecular flexibility index (Phi) is 1.87. The van der Waals surface area contributed by atoms with Crippen molar-refractivity contribution in [3.63, 3.8) is 0 Å². The van der Waals surface area contributed by atoms with E-state index in [-0.39, 0.29) is 0 Å². The molecular formula is C9H16N4. The lowest BCUT2D eigenvalue weighted by atomic mass is 9.85. The lowest BCUT2D eigenvalue weighted by Gasteiger charge is -2.22. The fourth-order valence-electron chi connectivity index (χ4n) is 1.43. The van der Waals surface area contributed by atoms with Gasteiger partial charge in [0.25, 0.3) is 0 Å². The number of hydrogen-bond acceptors (Lipinski definition) is 3. The molecule has 0 bridgehead atoms. The summed E-state index contributed by atoms with van der Waals surface area (Å²) in [5, 5.41) is 7.10. The van der Waals surface area contributed by atoms with E-state index in [1.54, 1.807) is 0 Å². The van der Waals surface area contributed by atoms with Gasteiger partial charge in [0.1, 0.15) is 5.82 Å². The van der Waals surface area contributed by atoms with Gasteiger partial charge in [0.2, 0.25) is 0 Å². The van der Waals surface area contributed by atoms with Crippen LogP contribution in [0, 0.1) is 0 Å². The molecule has 0 spiro atoms. The van der Waals surface area contributed by atoms with Crippen LogP contribution >= 0.6 is 0 Å². The molecule has 1 aromatic heterocycles. The van der Waals surface area contributed by atoms with Crippen LogP contribution in [0.25, 0.3) is 0 Å². The van der Waals surface area contributed by atoms with Gasteiger partial charge < -0.3 is 5.73 Å². The number of aromatic amines is 1. The zero-order valence-corrected chi connectivity index (χ0v) is 8.17. The van der Waals surface area contributed by atoms with Crippen LogP contribution in [0.5, 0.6) is 0 Å². The normalized spacial score (nSPS) is 18.7. The molecule has 1 fully saturated rings. The highest BCUT2D eigenvalue weighted by atomic mass is 15.2. The molecule has 0 aliphatic heterocycles. The topological polar surface area (TPSA) is 67.6 Å². The van der Waals surface area contributed by atoms with E-state index in [9.17, 15) is 0 Å². The van der Waals surface area contributed by atoms with Crippen molar-refractivity contribution in [2.75, 3.05) is 0 Å². The fraction of sp³-hybridized carbons (Fsp3) is 0.778. The van der Waals surface area contributed by atoms with Crippen molar-refractivity contribution in [2.24, 2.45) is 5.73 Å². The van der Waals surface area contributed by atoms with Crippen LogP contribution in [0.1, 0.15) is 50.7 Å². The summed E-state index contributed by atoms with van der Waals surface area (Å²) in [4.78, 5) is 4.41. The van der Waals surface area contributed by atoms with E-state index in [4.69, 9.17) is 5.73 Å². The third-order valence-electron chi connectivity index (χ3n) is 2.57. The van der Waals surface area contributed by atoms with Crippen molar-refractivity contribution in [2.45, 2.75) is 44.6 Å². The lowest BCUT2D eigenvalue weighted by molar-refractivity contribution is 0.401. The average Bonchev–Trinajstić information content (AvgIpc) is 2.29. The van der Waals surface area contributed by atoms with Crippen LogP contribution in [0.4, 0.5) is 0 Å². The summed E-state index contributed by atoms with van der Waals surface area (Å²) in [7, 11) is 0. The number of rotatable bonds is 2. The Morgan fingerprint density at radius 1 is 1.46 bits per heavy atom. The quantitative estimate of drug-likeness (QED) is 0.720. The molecule has 0 unspecified atom stereocenters. The third kappa shape index (κ3) is 1.58. The Morgan fingerprint density at radius 2 is 2.15 bits per heavy atom. The zero-order valence-electron chi connectivity index (χ0n) is 8.17. The summed E-state index contributed by atoms with van der Waals surface area (Å²) in [6, 6.07) is 0. The Labute approximate surface area is 77.9 Å². The fourth-order valence-corrected chi connectivity index (χ4v) is 1.43. The summed E-state index contributed by atoms with van der Waals surface area (Å²) in [6.07, 6.45) is 3.78. The molecule has 0 atom stereocenters. The van der Waals surface area contributed by atoms with Crippen molar-refractivity contribution < 1.29 is 0 Å². The van der Waals surface area contributed by atoms with Gasteiger partial charge in [-0.05, 0) is 26.7 Å². The lowest BCUT2D eigenvalue weighted by Crippen LogP contribution is -2.30. The first-order chi connectivity index (χ1) is 6.07. The molecule has 0 amide bonds. The van der Waals surface area contributed by atoms with E-state index in [2.05, 4.69) is 15.2 Å². The van der Waals surface area contributed by atoms with Crippen LogP contribution in [-0.4, -0.2) is 15.2 Å². The molecule has 2 rings (SSSR count). The second-order valence-electron chi connectivity index (χ2n) is 4.39. The Hall–Kier alpha value is -0.900. The maximum absolute atomic E-state index is 5.88. The number of H-pyrrole nitrogens is 1. The SMILES string of the molecule is CC(C)(N)c1n[nH]c(C2CCC2)n1. The van der Waals surface area contributed by atoms with Gasteiger partial charge >= 0.3 is 0 Å². The van der Waals surface area contributed by atoms with Gasteiger partial charge in [-0.15, -0.1) is 0 Å². The number of hydrogen-bond donors (Lipinski definition) is 2. The predicted octanol–water partition coefficient (Wildman–Crippen LogP) is 1.27. The summed E-state index contributed by atoms with van der Waals surface area (Å²) in [5.74, 6) is 2.33. The predicted molar refractivity (Wildman–Crippen MR) is 50.2 cm³/mol. The van der Waals surface area contributed by atoms with Gasteiger partial charge in [0, 0.05) is 5.92 Å². The van der Waals surface area contributed by atoms with E-state index >= 15 is 0 Å². The molecule has 1 heterocycles. The average molecular weight is 180 g/mol. The molecule has 1 aliphatic carbocycles. The maximum Gasteiger partial charge on any atom is 0.169 e. The van der Waals surface area contributed by atoms with Crippen molar-refractivity contribution in [1.82, 2.24) is 15.2 Å². The largest absolute Gasteiger partial charge is 0.319 e. The van der Waals surface area contributed by atoms with Gasteiger partial charge in [-0.3, -0.25) is 5.10 Å². The first-order valence-electron chi connectivity index (χ1n) is 4.79. The monoisotopic (exact) mass is 180 g/mol. The van der Waals surface area contributed by atoms with Gasteiger partial charge in [0.15, 0.2) is 5.82 Å². The molecular weight excluding hydrogens is 164 g/mol. The molecule has 1 saturated carbocycles. The third-order valence-corrected chi connectivity index (χ3v) is 2.57. The highest BCUT2D eigenvalue weighted by molar-refractivity contribution is 5.06. The number of nitrogens with one attached hydrogen (secondary N) is 1. The second kappa shape index (κ2) is 2.80. The van der Waals surface area contributed by atoms with Crippen LogP contribution in [0.15, 0.2) is 0 Å². The highest BCUT2D eigenvalue weighted by Gasteiger charge is 2.26. The molecule has 4 nitrogen and oxygen atoms in total. The molecule has 13 heavy (non-hydrogen) atoms. The Morgan fingerprint density at radius 3 is 2.54 bits per heavy atom. The minimum absolute atomic E-state index is 0.432. The van der Waals surface area contributed by atoms with E-state index in [0.29, 0.717) is 5.92 Å². The minimum Gasteiger partial charge on any atom is -0.319 e. The first kappa shape index (κ1) is 8.69. The van der Waals surface area contributed by atoms with Crippen molar-refractivity contribution >= 4 is 0 Å². The summed E-state index contributed by atoms with van der Waals surface area (Å²) < 4.78 is 0. The van der Waals surface area contributed by atoms with E-state index in [1.807, 2.05) is 13.8 Å². The summed E-state index contributed by atoms with van der Waals surface area (Å²) >= 11 is 0. The van der Waals surface area contributed by atoms with E-state index in [0.717, 1.165) is 11.6 Å². The van der Waals surface area contributed by atoms with Crippen molar-refractivity contribution in [3.05, 3.63) is 11.6 Å². The molecule has 72 valence electrons. The number of nitrogens with zero attached hydrogens (tertiary/aromatic N) is 2. The van der Waals surface area contributed by atoms with Gasteiger partial charge in [-0.1, -0.05) is 6.42 Å². The maximum atomic E-state index is 5.88. The minimum atomic E-state index is -0.432. The van der Waals surface area contributed by atoms with E-state index < -0.39 is 5.54 Å². The van der Waals surface area contributed by atoms with Crippen LogP contribution in [0.3, 0.4) is 0 Å². The molecule has 0 radical (unpaired) electrons. The van der Waals surface area contributed by atoms with Crippen LogP contribution < -0.4 is 5.73 Å². The Balaban J connectivity index is 2.17. The van der Waals surface area contributed by atoms with E-state index in [1.165, 1.54) is 19.3 Å². The number of nitrogens with two attached hydrogens (primary N) is 1. The summed E-state index contributed by atoms with van der Waals surface area (Å²) in [6.45, 7) is 3.83. The van der Waals surface area contributed by atoms with Gasteiger partial charge in [0.05, 0.1) is 5.54 Å². The smallest absolute Gasteiger partial charge is 0.169 e. The second-order valence-corrected chi connectivity index (χ2v) is 4.39. The molecule has 0 saturated heterocycles. The van der Waals surface area contributed by atoms with Gasteiger partial charge in [-0.2, -0.15) is 5.10 Å². The molecule has 1 aliphatic rings. The molecule has 0 aromatic carbocycles. The molecule has 4 heteroatoms. The highest BCUT2D eigenvalue weighted by Crippen LogP contribution is 2.34. The van der Waals surface area contributed by atoms with Crippen LogP contribution in [-0.2, 0) is 5.54 Å². The zero-order chi connectivity index (χ0) is 9.47. The van der Waals surface area contributed by atoms with Gasteiger partial charge in [-0.25, -0.2) is 4.98 Å². The standard InChI is InChI=1S/C9H16N4/c1-9(2,10)8-11-7(12-13-8)6-4-3-5-6/h6H,3-5,10H2,1-2H3,(H,11,12,13). The molecule has 1 aromatic rings. The summed E-state index contributed by atoms with van der Waals surface area (Å²) in [5.41, 5.74) is 5.45. The van der Waals surface area contributed by atoms with Crippen molar-refractivity contribution in [1.29, 1.82) is 0 Å². The first-order valence-corrected chi connectivity index (χ1v) is 4.79. The Bertz CT molecular complexity index is 293.